The van der Waals surface area contributed by atoms with E-state index in [0.717, 1.165) is 58.6 Å². The van der Waals surface area contributed by atoms with Crippen LogP contribution in [0.4, 0.5) is 10.5 Å². The van der Waals surface area contributed by atoms with Crippen LogP contribution in [0.3, 0.4) is 0 Å². The number of benzene rings is 2. The number of nitrogens with zero attached hydrogens (tertiary/aromatic N) is 4. The zero-order valence-electron chi connectivity index (χ0n) is 28.5. The molecule has 13 heteroatoms. The predicted molar refractivity (Wildman–Crippen MR) is 191 cm³/mol. The quantitative estimate of drug-likeness (QED) is 0.255. The molecule has 2 fully saturated rings. The van der Waals surface area contributed by atoms with Crippen molar-refractivity contribution in [2.75, 3.05) is 52.8 Å². The molecule has 0 radical (unpaired) electrons. The third-order valence-corrected chi connectivity index (χ3v) is 10.3. The number of thiophene rings is 1. The Morgan fingerprint density at radius 2 is 1.73 bits per heavy atom. The molecule has 0 aliphatic carbocycles. The summed E-state index contributed by atoms with van der Waals surface area (Å²) in [5.74, 6) is 0.939. The van der Waals surface area contributed by atoms with Crippen LogP contribution in [0.5, 0.6) is 11.5 Å². The Morgan fingerprint density at radius 3 is 2.39 bits per heavy atom. The van der Waals surface area contributed by atoms with Gasteiger partial charge in [0.25, 0.3) is 11.5 Å². The number of imide groups is 1. The van der Waals surface area contributed by atoms with Crippen molar-refractivity contribution in [1.29, 1.82) is 0 Å². The molecule has 0 saturated carbocycles. The highest BCUT2D eigenvalue weighted by atomic mass is 32.1. The summed E-state index contributed by atoms with van der Waals surface area (Å²) in [6, 6.07) is 13.3. The first kappa shape index (κ1) is 34.0. The Morgan fingerprint density at radius 1 is 1.02 bits per heavy atom. The number of urea groups is 1. The summed E-state index contributed by atoms with van der Waals surface area (Å²) in [5, 5.41) is 6.08. The summed E-state index contributed by atoms with van der Waals surface area (Å²) in [7, 11) is 8.94. The Hall–Kier alpha value is -4.88. The number of methoxy groups -OCH3 is 2. The number of nitrogens with one attached hydrogen (secondary N) is 2. The monoisotopic (exact) mass is 686 g/mol. The highest BCUT2D eigenvalue weighted by molar-refractivity contribution is 7.21. The van der Waals surface area contributed by atoms with Crippen LogP contribution in [-0.2, 0) is 24.9 Å². The van der Waals surface area contributed by atoms with Gasteiger partial charge in [0.15, 0.2) is 0 Å². The molecule has 2 saturated heterocycles. The summed E-state index contributed by atoms with van der Waals surface area (Å²) in [6.07, 6.45) is 3.64. The van der Waals surface area contributed by atoms with Gasteiger partial charge in [-0.3, -0.25) is 19.7 Å². The molecule has 258 valence electrons. The van der Waals surface area contributed by atoms with E-state index >= 15 is 0 Å². The standard InChI is InChI=1S/C36H42N6O6S/c1-39(2)20-28-29(47-4)16-23(17-30(28)48-5)27-21-40(3)35(45)26-18-31(49-33(26)27)34(44)37-24-9-12-41(13-10-24)25-8-6-7-22(15-25)19-42-14-11-32(43)38-36(42)46/h6-8,15-18,21,24H,9-14,19-20H2,1-5H3,(H,37,44)(H,38,43,46). The van der Waals surface area contributed by atoms with Gasteiger partial charge < -0.3 is 34.1 Å². The molecule has 0 spiro atoms. The highest BCUT2D eigenvalue weighted by Gasteiger charge is 2.26. The van der Waals surface area contributed by atoms with E-state index in [1.807, 2.05) is 43.3 Å². The van der Waals surface area contributed by atoms with Crippen LogP contribution in [0, 0.1) is 0 Å². The summed E-state index contributed by atoms with van der Waals surface area (Å²) < 4.78 is 13.8. The molecular weight excluding hydrogens is 644 g/mol. The maximum absolute atomic E-state index is 13.6. The number of hydrogen-bond acceptors (Lipinski definition) is 9. The summed E-state index contributed by atoms with van der Waals surface area (Å²) in [5.41, 5.74) is 4.47. The minimum absolute atomic E-state index is 0.00760. The van der Waals surface area contributed by atoms with Crippen molar-refractivity contribution in [2.24, 2.45) is 7.05 Å². The molecule has 4 heterocycles. The number of piperidine rings is 1. The van der Waals surface area contributed by atoms with Crippen LogP contribution in [0.25, 0.3) is 21.2 Å². The number of pyridine rings is 1. The lowest BCUT2D eigenvalue weighted by atomic mass is 10.0. The van der Waals surface area contributed by atoms with E-state index in [1.54, 1.807) is 43.0 Å². The van der Waals surface area contributed by atoms with Crippen LogP contribution in [0.2, 0.25) is 0 Å². The van der Waals surface area contributed by atoms with Crippen molar-refractivity contribution < 1.29 is 23.9 Å². The zero-order valence-corrected chi connectivity index (χ0v) is 29.3. The molecule has 2 aromatic heterocycles. The van der Waals surface area contributed by atoms with Gasteiger partial charge >= 0.3 is 6.03 Å². The van der Waals surface area contributed by atoms with E-state index in [-0.39, 0.29) is 29.4 Å². The number of carbonyl (C=O) groups excluding carboxylic acids is 3. The van der Waals surface area contributed by atoms with Crippen molar-refractivity contribution in [2.45, 2.75) is 38.4 Å². The summed E-state index contributed by atoms with van der Waals surface area (Å²) >= 11 is 1.32. The first-order chi connectivity index (χ1) is 23.5. The minimum Gasteiger partial charge on any atom is -0.496 e. The molecule has 6 rings (SSSR count). The average Bonchev–Trinajstić information content (AvgIpc) is 3.54. The SMILES string of the molecule is COc1cc(-c2cn(C)c(=O)c3cc(C(=O)NC4CCN(c5cccc(CN6CCC(=O)NC6=O)c5)CC4)sc23)cc(OC)c1CN(C)C. The van der Waals surface area contributed by atoms with Gasteiger partial charge in [-0.05, 0) is 68.4 Å². The smallest absolute Gasteiger partial charge is 0.324 e. The average molecular weight is 687 g/mol. The lowest BCUT2D eigenvalue weighted by Crippen LogP contribution is -2.48. The number of fused-ring (bicyclic) bond motifs is 1. The van der Waals surface area contributed by atoms with Crippen molar-refractivity contribution in [1.82, 2.24) is 25.0 Å². The van der Waals surface area contributed by atoms with Gasteiger partial charge in [-0.1, -0.05) is 12.1 Å². The number of aryl methyl sites for hydroxylation is 1. The van der Waals surface area contributed by atoms with E-state index in [0.29, 0.717) is 47.8 Å². The van der Waals surface area contributed by atoms with Crippen LogP contribution in [-0.4, -0.2) is 86.2 Å². The van der Waals surface area contributed by atoms with Crippen molar-refractivity contribution >= 4 is 45.0 Å². The Bertz CT molecular complexity index is 1940. The van der Waals surface area contributed by atoms with Gasteiger partial charge in [-0.25, -0.2) is 4.79 Å². The number of hydrogen-bond donors (Lipinski definition) is 2. The highest BCUT2D eigenvalue weighted by Crippen LogP contribution is 2.40. The maximum Gasteiger partial charge on any atom is 0.324 e. The lowest BCUT2D eigenvalue weighted by molar-refractivity contribution is -0.121. The molecule has 0 bridgehead atoms. The number of amides is 4. The van der Waals surface area contributed by atoms with E-state index in [2.05, 4.69) is 27.7 Å². The molecule has 49 heavy (non-hydrogen) atoms. The number of rotatable bonds is 10. The van der Waals surface area contributed by atoms with Gasteiger partial charge in [-0.15, -0.1) is 11.3 Å². The molecule has 4 amide bonds. The first-order valence-electron chi connectivity index (χ1n) is 16.3. The van der Waals surface area contributed by atoms with E-state index in [4.69, 9.17) is 9.47 Å². The molecule has 2 aliphatic heterocycles. The van der Waals surface area contributed by atoms with Crippen molar-refractivity contribution in [3.63, 3.8) is 0 Å². The molecule has 12 nitrogen and oxygen atoms in total. The number of ether oxygens (including phenoxy) is 2. The maximum atomic E-state index is 13.6. The normalized spacial score (nSPS) is 15.6. The van der Waals surface area contributed by atoms with Crippen LogP contribution in [0.15, 0.2) is 53.5 Å². The zero-order chi connectivity index (χ0) is 34.8. The topological polar surface area (TPSA) is 125 Å². The largest absolute Gasteiger partial charge is 0.496 e. The van der Waals surface area contributed by atoms with Gasteiger partial charge in [-0.2, -0.15) is 0 Å². The van der Waals surface area contributed by atoms with Crippen LogP contribution >= 0.6 is 11.3 Å². The fourth-order valence-electron chi connectivity index (χ4n) is 6.54. The second kappa shape index (κ2) is 14.3. The predicted octanol–water partition coefficient (Wildman–Crippen LogP) is 4.19. The second-order valence-electron chi connectivity index (χ2n) is 12.8. The Balaban J connectivity index is 1.16. The molecule has 4 aromatic rings. The van der Waals surface area contributed by atoms with E-state index < -0.39 is 0 Å². The summed E-state index contributed by atoms with van der Waals surface area (Å²) in [6.45, 7) is 2.99. The van der Waals surface area contributed by atoms with E-state index in [1.165, 1.54) is 11.3 Å². The lowest BCUT2D eigenvalue weighted by Gasteiger charge is -2.34. The van der Waals surface area contributed by atoms with Gasteiger partial charge in [0.2, 0.25) is 5.91 Å². The molecule has 0 unspecified atom stereocenters. The fourth-order valence-corrected chi connectivity index (χ4v) is 7.63. The molecular formula is C36H42N6O6S. The Labute approximate surface area is 289 Å². The van der Waals surface area contributed by atoms with Crippen LogP contribution < -0.4 is 30.6 Å². The molecule has 0 atom stereocenters. The molecule has 2 aliphatic rings. The fraction of sp³-hybridized carbons (Fsp3) is 0.389. The second-order valence-corrected chi connectivity index (χ2v) is 13.9. The molecule has 2 aromatic carbocycles. The summed E-state index contributed by atoms with van der Waals surface area (Å²) in [4.78, 5) is 57.0. The molecule has 2 N–H and O–H groups in total. The number of aromatic nitrogens is 1. The van der Waals surface area contributed by atoms with Crippen molar-refractivity contribution in [3.05, 3.63) is 75.0 Å². The van der Waals surface area contributed by atoms with Crippen molar-refractivity contribution in [3.8, 4) is 22.6 Å². The van der Waals surface area contributed by atoms with Gasteiger partial charge in [0.1, 0.15) is 11.5 Å². The van der Waals surface area contributed by atoms with Crippen LogP contribution in [0.1, 0.15) is 40.1 Å². The third kappa shape index (κ3) is 7.27. The number of carbonyl (C=O) groups is 3. The number of anilines is 1. The first-order valence-corrected chi connectivity index (χ1v) is 17.1. The van der Waals surface area contributed by atoms with E-state index in [9.17, 15) is 19.2 Å². The Kier molecular flexibility index (Phi) is 9.93. The minimum atomic E-state index is -0.358. The van der Waals surface area contributed by atoms with Gasteiger partial charge in [0, 0.05) is 74.4 Å². The van der Waals surface area contributed by atoms with Gasteiger partial charge in [0.05, 0.1) is 30.0 Å². The third-order valence-electron chi connectivity index (χ3n) is 9.09.